The molecule has 1 aromatic heterocycles. The summed E-state index contributed by atoms with van der Waals surface area (Å²) in [5.41, 5.74) is 2.09. The van der Waals surface area contributed by atoms with Crippen molar-refractivity contribution in [2.75, 3.05) is 11.5 Å². The van der Waals surface area contributed by atoms with E-state index in [-0.39, 0.29) is 36.0 Å². The van der Waals surface area contributed by atoms with Gasteiger partial charge in [-0.2, -0.15) is 4.80 Å². The summed E-state index contributed by atoms with van der Waals surface area (Å²) in [6.07, 6.45) is 2.38. The maximum atomic E-state index is 12.9. The van der Waals surface area contributed by atoms with E-state index in [9.17, 15) is 13.2 Å². The van der Waals surface area contributed by atoms with E-state index < -0.39 is 9.84 Å². The highest BCUT2D eigenvalue weighted by Crippen LogP contribution is 2.32. The van der Waals surface area contributed by atoms with Crippen LogP contribution in [0.1, 0.15) is 44.6 Å². The number of sulfone groups is 1. The Morgan fingerprint density at radius 1 is 1.18 bits per heavy atom. The minimum absolute atomic E-state index is 0.0237. The summed E-state index contributed by atoms with van der Waals surface area (Å²) in [5, 5.41) is 12.4. The van der Waals surface area contributed by atoms with Crippen molar-refractivity contribution in [3.8, 4) is 11.4 Å². The van der Waals surface area contributed by atoms with Gasteiger partial charge in [-0.05, 0) is 36.0 Å². The van der Waals surface area contributed by atoms with E-state index in [0.29, 0.717) is 18.2 Å². The number of aromatic nitrogens is 4. The monoisotopic (exact) mass is 403 g/mol. The number of tetrazole rings is 1. The molecule has 8 nitrogen and oxygen atoms in total. The zero-order chi connectivity index (χ0) is 19.9. The van der Waals surface area contributed by atoms with Crippen molar-refractivity contribution >= 4 is 15.7 Å². The minimum Gasteiger partial charge on any atom is -0.334 e. The lowest BCUT2D eigenvalue weighted by molar-refractivity contribution is -0.134. The molecule has 4 rings (SSSR count). The van der Waals surface area contributed by atoms with E-state index in [1.807, 2.05) is 24.3 Å². The Balaban J connectivity index is 1.46. The second-order valence-corrected chi connectivity index (χ2v) is 10.2. The summed E-state index contributed by atoms with van der Waals surface area (Å²) in [5.74, 6) is 1.01. The summed E-state index contributed by atoms with van der Waals surface area (Å²) in [6.45, 7) is 4.25. The van der Waals surface area contributed by atoms with Gasteiger partial charge in [0.25, 0.3) is 0 Å². The SMILES string of the molecule is CC(C)c1ccc(-c2nnn(CC(=O)N(C3CC3)[C@H]3CCS(=O)(=O)C3)n2)cc1. The number of carbonyl (C=O) groups is 1. The molecule has 0 spiro atoms. The van der Waals surface area contributed by atoms with Gasteiger partial charge >= 0.3 is 0 Å². The fraction of sp³-hybridized carbons (Fsp3) is 0.579. The van der Waals surface area contributed by atoms with Crippen molar-refractivity contribution in [3.05, 3.63) is 29.8 Å². The first-order valence-electron chi connectivity index (χ1n) is 9.72. The van der Waals surface area contributed by atoms with Crippen LogP contribution in [0.3, 0.4) is 0 Å². The summed E-state index contributed by atoms with van der Waals surface area (Å²) in [4.78, 5) is 15.9. The molecule has 1 aromatic carbocycles. The Morgan fingerprint density at radius 2 is 1.89 bits per heavy atom. The highest BCUT2D eigenvalue weighted by Gasteiger charge is 2.42. The van der Waals surface area contributed by atoms with E-state index in [1.165, 1.54) is 10.4 Å². The number of carbonyl (C=O) groups excluding carboxylic acids is 1. The highest BCUT2D eigenvalue weighted by molar-refractivity contribution is 7.91. The van der Waals surface area contributed by atoms with E-state index in [0.717, 1.165) is 18.4 Å². The van der Waals surface area contributed by atoms with Gasteiger partial charge in [-0.1, -0.05) is 38.1 Å². The molecule has 9 heteroatoms. The number of hydrogen-bond acceptors (Lipinski definition) is 6. The van der Waals surface area contributed by atoms with Gasteiger partial charge in [-0.15, -0.1) is 10.2 Å². The maximum absolute atomic E-state index is 12.9. The van der Waals surface area contributed by atoms with Gasteiger partial charge in [0.05, 0.1) is 11.5 Å². The molecule has 0 bridgehead atoms. The average Bonchev–Trinajstić information content (AvgIpc) is 3.25. The van der Waals surface area contributed by atoms with Gasteiger partial charge in [0.2, 0.25) is 11.7 Å². The van der Waals surface area contributed by atoms with Crippen molar-refractivity contribution < 1.29 is 13.2 Å². The molecule has 1 aliphatic heterocycles. The minimum atomic E-state index is -3.04. The first-order valence-corrected chi connectivity index (χ1v) is 11.5. The molecule has 0 radical (unpaired) electrons. The normalized spacial score (nSPS) is 21.2. The fourth-order valence-corrected chi connectivity index (χ4v) is 5.41. The first kappa shape index (κ1) is 19.0. The topological polar surface area (TPSA) is 98.0 Å². The predicted octanol–water partition coefficient (Wildman–Crippen LogP) is 1.64. The standard InChI is InChI=1S/C19H25N5O3S/c1-13(2)14-3-5-15(6-4-14)19-20-22-23(21-19)11-18(25)24(16-7-8-16)17-9-10-28(26,27)12-17/h3-6,13,16-17H,7-12H2,1-2H3/t17-/m0/s1. The third kappa shape index (κ3) is 4.09. The lowest BCUT2D eigenvalue weighted by atomic mass is 10.0. The van der Waals surface area contributed by atoms with Crippen LogP contribution in [-0.4, -0.2) is 63.0 Å². The molecule has 1 atom stereocenters. The van der Waals surface area contributed by atoms with Crippen molar-refractivity contribution in [1.82, 2.24) is 25.1 Å². The number of rotatable bonds is 6. The molecular formula is C19H25N5O3S. The Bertz CT molecular complexity index is 964. The zero-order valence-corrected chi connectivity index (χ0v) is 17.0. The van der Waals surface area contributed by atoms with Crippen LogP contribution in [0.4, 0.5) is 0 Å². The Hall–Kier alpha value is -2.29. The van der Waals surface area contributed by atoms with E-state index in [2.05, 4.69) is 29.3 Å². The first-order chi connectivity index (χ1) is 13.3. The van der Waals surface area contributed by atoms with Crippen LogP contribution >= 0.6 is 0 Å². The molecule has 0 unspecified atom stereocenters. The summed E-state index contributed by atoms with van der Waals surface area (Å²) < 4.78 is 23.6. The van der Waals surface area contributed by atoms with E-state index in [4.69, 9.17) is 0 Å². The molecule has 1 saturated carbocycles. The lowest BCUT2D eigenvalue weighted by Crippen LogP contribution is -2.44. The molecule has 1 saturated heterocycles. The van der Waals surface area contributed by atoms with Gasteiger partial charge in [0, 0.05) is 17.6 Å². The molecule has 28 heavy (non-hydrogen) atoms. The molecule has 1 amide bonds. The molecule has 150 valence electrons. The molecule has 2 heterocycles. The fourth-order valence-electron chi connectivity index (χ4n) is 3.70. The van der Waals surface area contributed by atoms with Gasteiger partial charge in [0.1, 0.15) is 6.54 Å². The third-order valence-corrected chi connectivity index (χ3v) is 7.15. The van der Waals surface area contributed by atoms with Crippen molar-refractivity contribution in [1.29, 1.82) is 0 Å². The van der Waals surface area contributed by atoms with Crippen molar-refractivity contribution in [2.45, 2.75) is 57.7 Å². The van der Waals surface area contributed by atoms with Gasteiger partial charge in [-0.3, -0.25) is 4.79 Å². The summed E-state index contributed by atoms with van der Waals surface area (Å²) in [7, 11) is -3.04. The van der Waals surface area contributed by atoms with Crippen LogP contribution in [0.15, 0.2) is 24.3 Å². The number of amides is 1. The molecule has 2 aromatic rings. The molecule has 1 aliphatic carbocycles. The maximum Gasteiger partial charge on any atom is 0.246 e. The number of benzene rings is 1. The summed E-state index contributed by atoms with van der Waals surface area (Å²) in [6, 6.07) is 7.92. The Labute approximate surface area is 164 Å². The predicted molar refractivity (Wildman–Crippen MR) is 104 cm³/mol. The lowest BCUT2D eigenvalue weighted by Gasteiger charge is -2.28. The highest BCUT2D eigenvalue weighted by atomic mass is 32.2. The Kier molecular flexibility index (Phi) is 4.95. The quantitative estimate of drug-likeness (QED) is 0.727. The van der Waals surface area contributed by atoms with Crippen LogP contribution in [0.2, 0.25) is 0 Å². The second kappa shape index (κ2) is 7.27. The third-order valence-electron chi connectivity index (χ3n) is 5.40. The molecule has 0 N–H and O–H groups in total. The van der Waals surface area contributed by atoms with Crippen molar-refractivity contribution in [3.63, 3.8) is 0 Å². The second-order valence-electron chi connectivity index (χ2n) is 8.01. The van der Waals surface area contributed by atoms with Crippen LogP contribution in [-0.2, 0) is 21.2 Å². The van der Waals surface area contributed by atoms with Gasteiger partial charge < -0.3 is 4.90 Å². The summed E-state index contributed by atoms with van der Waals surface area (Å²) >= 11 is 0. The Morgan fingerprint density at radius 3 is 2.46 bits per heavy atom. The molecule has 2 fully saturated rings. The smallest absolute Gasteiger partial charge is 0.246 e. The molecule has 2 aliphatic rings. The van der Waals surface area contributed by atoms with E-state index in [1.54, 1.807) is 4.90 Å². The number of hydrogen-bond donors (Lipinski definition) is 0. The zero-order valence-electron chi connectivity index (χ0n) is 16.2. The van der Waals surface area contributed by atoms with Crippen LogP contribution in [0.5, 0.6) is 0 Å². The number of nitrogens with zero attached hydrogens (tertiary/aromatic N) is 5. The van der Waals surface area contributed by atoms with Crippen LogP contribution < -0.4 is 0 Å². The van der Waals surface area contributed by atoms with Crippen LogP contribution in [0, 0.1) is 0 Å². The van der Waals surface area contributed by atoms with E-state index >= 15 is 0 Å². The van der Waals surface area contributed by atoms with Crippen molar-refractivity contribution in [2.24, 2.45) is 0 Å². The largest absolute Gasteiger partial charge is 0.334 e. The molecular weight excluding hydrogens is 378 g/mol. The van der Waals surface area contributed by atoms with Gasteiger partial charge in [-0.25, -0.2) is 8.42 Å². The van der Waals surface area contributed by atoms with Crippen LogP contribution in [0.25, 0.3) is 11.4 Å². The van der Waals surface area contributed by atoms with Gasteiger partial charge in [0.15, 0.2) is 9.84 Å². The average molecular weight is 404 g/mol.